The lowest BCUT2D eigenvalue weighted by Crippen LogP contribution is -2.41. The van der Waals surface area contributed by atoms with Crippen molar-refractivity contribution in [3.8, 4) is 0 Å². The zero-order valence-corrected chi connectivity index (χ0v) is 13.8. The Labute approximate surface area is 138 Å². The normalized spacial score (nSPS) is 27.1. The van der Waals surface area contributed by atoms with Gasteiger partial charge in [0.25, 0.3) is 0 Å². The summed E-state index contributed by atoms with van der Waals surface area (Å²) in [6.07, 6.45) is 7.21. The van der Waals surface area contributed by atoms with Crippen LogP contribution in [0.1, 0.15) is 55.6 Å². The predicted octanol–water partition coefficient (Wildman–Crippen LogP) is 2.96. The van der Waals surface area contributed by atoms with Gasteiger partial charge in [-0.25, -0.2) is 4.79 Å². The van der Waals surface area contributed by atoms with Gasteiger partial charge in [-0.05, 0) is 55.6 Å². The Balaban J connectivity index is 1.43. The molecule has 2 aliphatic carbocycles. The van der Waals surface area contributed by atoms with Crippen LogP contribution in [0.15, 0.2) is 24.3 Å². The van der Waals surface area contributed by atoms with Crippen LogP contribution in [0.5, 0.6) is 0 Å². The number of rotatable bonds is 4. The fourth-order valence-electron chi connectivity index (χ4n) is 4.03. The number of carbonyl (C=O) groups excluding carboxylic acids is 1. The number of nitrogens with one attached hydrogen (secondary N) is 2. The topological polar surface area (TPSA) is 61.4 Å². The van der Waals surface area contributed by atoms with Crippen LogP contribution in [-0.2, 0) is 6.42 Å². The molecule has 2 aliphatic rings. The summed E-state index contributed by atoms with van der Waals surface area (Å²) in [6, 6.07) is 8.51. The molecule has 1 saturated carbocycles. The van der Waals surface area contributed by atoms with Crippen molar-refractivity contribution in [2.24, 2.45) is 5.92 Å². The average Bonchev–Trinajstić information content (AvgIpc) is 2.58. The van der Waals surface area contributed by atoms with E-state index < -0.39 is 0 Å². The van der Waals surface area contributed by atoms with Crippen molar-refractivity contribution in [3.63, 3.8) is 0 Å². The molecule has 3 atom stereocenters. The molecule has 1 aromatic rings. The molecule has 3 N–H and O–H groups in total. The van der Waals surface area contributed by atoms with Crippen LogP contribution in [0.4, 0.5) is 4.79 Å². The first kappa shape index (κ1) is 16.3. The number of carbonyl (C=O) groups is 1. The summed E-state index contributed by atoms with van der Waals surface area (Å²) in [5.74, 6) is 0.849. The molecule has 3 rings (SSSR count). The second-order valence-corrected chi connectivity index (χ2v) is 7.07. The van der Waals surface area contributed by atoms with Crippen LogP contribution in [-0.4, -0.2) is 30.3 Å². The molecule has 3 unspecified atom stereocenters. The molecular weight excluding hydrogens is 288 g/mol. The third-order valence-electron chi connectivity index (χ3n) is 5.31. The highest BCUT2D eigenvalue weighted by Crippen LogP contribution is 2.30. The van der Waals surface area contributed by atoms with Crippen LogP contribution in [0.2, 0.25) is 0 Å². The third kappa shape index (κ3) is 4.47. The number of aliphatic hydroxyl groups is 1. The van der Waals surface area contributed by atoms with Gasteiger partial charge in [0.15, 0.2) is 0 Å². The molecule has 0 aromatic heterocycles. The number of fused-ring (bicyclic) bond motifs is 1. The summed E-state index contributed by atoms with van der Waals surface area (Å²) < 4.78 is 0. The molecule has 23 heavy (non-hydrogen) atoms. The first-order chi connectivity index (χ1) is 11.2. The van der Waals surface area contributed by atoms with E-state index in [9.17, 15) is 9.90 Å². The minimum absolute atomic E-state index is 0.0758. The highest BCUT2D eigenvalue weighted by atomic mass is 16.3. The minimum Gasteiger partial charge on any atom is -0.393 e. The molecule has 2 amide bonds. The standard InChI is InChI=1S/C19H28N2O2/c22-17-9-3-5-14(11-17)12-20-19(23)21-13-16-8-4-7-15-6-1-2-10-18(15)16/h1-2,6,10,14,16-17,22H,3-5,7-9,11-13H2,(H2,20,21,23). The Morgan fingerprint density at radius 3 is 2.78 bits per heavy atom. The quantitative estimate of drug-likeness (QED) is 0.800. The average molecular weight is 316 g/mol. The van der Waals surface area contributed by atoms with Crippen LogP contribution < -0.4 is 10.6 Å². The number of urea groups is 1. The van der Waals surface area contributed by atoms with Crippen molar-refractivity contribution in [2.75, 3.05) is 13.1 Å². The van der Waals surface area contributed by atoms with Crippen LogP contribution in [0, 0.1) is 5.92 Å². The molecule has 4 nitrogen and oxygen atoms in total. The number of amides is 2. The van der Waals surface area contributed by atoms with Gasteiger partial charge >= 0.3 is 6.03 Å². The molecule has 0 spiro atoms. The van der Waals surface area contributed by atoms with Gasteiger partial charge in [-0.3, -0.25) is 0 Å². The second kappa shape index (κ2) is 7.82. The fourth-order valence-corrected chi connectivity index (χ4v) is 4.03. The lowest BCUT2D eigenvalue weighted by atomic mass is 9.83. The fraction of sp³-hybridized carbons (Fsp3) is 0.632. The lowest BCUT2D eigenvalue weighted by molar-refractivity contribution is 0.101. The zero-order valence-electron chi connectivity index (χ0n) is 13.8. The molecule has 4 heteroatoms. The van der Waals surface area contributed by atoms with Crippen molar-refractivity contribution in [1.29, 1.82) is 0 Å². The number of hydrogen-bond acceptors (Lipinski definition) is 2. The molecule has 1 fully saturated rings. The maximum Gasteiger partial charge on any atom is 0.314 e. The first-order valence-electron chi connectivity index (χ1n) is 9.00. The zero-order chi connectivity index (χ0) is 16.1. The number of aliphatic hydroxyl groups excluding tert-OH is 1. The summed E-state index contributed by atoms with van der Waals surface area (Å²) in [5, 5.41) is 15.7. The number of aryl methyl sites for hydroxylation is 1. The van der Waals surface area contributed by atoms with E-state index in [1.54, 1.807) is 0 Å². The van der Waals surface area contributed by atoms with Gasteiger partial charge in [-0.2, -0.15) is 0 Å². The van der Waals surface area contributed by atoms with Gasteiger partial charge in [0.1, 0.15) is 0 Å². The van der Waals surface area contributed by atoms with Gasteiger partial charge < -0.3 is 15.7 Å². The van der Waals surface area contributed by atoms with Gasteiger partial charge in [0.05, 0.1) is 6.10 Å². The van der Waals surface area contributed by atoms with Gasteiger partial charge in [0.2, 0.25) is 0 Å². The SMILES string of the molecule is O=C(NCC1CCCC(O)C1)NCC1CCCc2ccccc21. The predicted molar refractivity (Wildman–Crippen MR) is 91.5 cm³/mol. The summed E-state index contributed by atoms with van der Waals surface area (Å²) in [7, 11) is 0. The molecule has 0 radical (unpaired) electrons. The molecule has 0 bridgehead atoms. The Morgan fingerprint density at radius 2 is 1.91 bits per heavy atom. The Hall–Kier alpha value is -1.55. The summed E-state index contributed by atoms with van der Waals surface area (Å²) >= 11 is 0. The number of benzene rings is 1. The van der Waals surface area contributed by atoms with E-state index in [0.717, 1.165) is 38.5 Å². The first-order valence-corrected chi connectivity index (χ1v) is 9.00. The monoisotopic (exact) mass is 316 g/mol. The molecule has 1 aromatic carbocycles. The third-order valence-corrected chi connectivity index (χ3v) is 5.31. The Bertz CT molecular complexity index is 532. The highest BCUT2D eigenvalue weighted by molar-refractivity contribution is 5.73. The molecule has 0 saturated heterocycles. The smallest absolute Gasteiger partial charge is 0.314 e. The van der Waals surface area contributed by atoms with Crippen LogP contribution in [0.25, 0.3) is 0 Å². The van der Waals surface area contributed by atoms with Crippen LogP contribution in [0.3, 0.4) is 0 Å². The minimum atomic E-state index is -0.183. The summed E-state index contributed by atoms with van der Waals surface area (Å²) in [6.45, 7) is 1.38. The number of hydrogen-bond donors (Lipinski definition) is 3. The van der Waals surface area contributed by atoms with Gasteiger partial charge in [-0.1, -0.05) is 30.7 Å². The van der Waals surface area contributed by atoms with E-state index in [4.69, 9.17) is 0 Å². The van der Waals surface area contributed by atoms with E-state index in [2.05, 4.69) is 34.9 Å². The highest BCUT2D eigenvalue weighted by Gasteiger charge is 2.22. The van der Waals surface area contributed by atoms with E-state index in [-0.39, 0.29) is 12.1 Å². The van der Waals surface area contributed by atoms with Crippen molar-refractivity contribution in [3.05, 3.63) is 35.4 Å². The van der Waals surface area contributed by atoms with Crippen molar-refractivity contribution in [2.45, 2.75) is 57.0 Å². The van der Waals surface area contributed by atoms with Crippen LogP contribution >= 0.6 is 0 Å². The summed E-state index contributed by atoms with van der Waals surface area (Å²) in [4.78, 5) is 12.0. The molecule has 0 heterocycles. The largest absolute Gasteiger partial charge is 0.393 e. The maximum absolute atomic E-state index is 12.0. The van der Waals surface area contributed by atoms with Gasteiger partial charge in [0, 0.05) is 19.0 Å². The molecule has 126 valence electrons. The van der Waals surface area contributed by atoms with Gasteiger partial charge in [-0.15, -0.1) is 0 Å². The Kier molecular flexibility index (Phi) is 5.55. The van der Waals surface area contributed by atoms with Crippen molar-refractivity contribution >= 4 is 6.03 Å². The lowest BCUT2D eigenvalue weighted by Gasteiger charge is -2.27. The molecular formula is C19H28N2O2. The second-order valence-electron chi connectivity index (χ2n) is 7.07. The van der Waals surface area contributed by atoms with E-state index in [0.29, 0.717) is 24.9 Å². The van der Waals surface area contributed by atoms with Crippen molar-refractivity contribution < 1.29 is 9.90 Å². The summed E-state index contributed by atoms with van der Waals surface area (Å²) in [5.41, 5.74) is 2.83. The molecule has 0 aliphatic heterocycles. The van der Waals surface area contributed by atoms with E-state index in [1.165, 1.54) is 17.5 Å². The van der Waals surface area contributed by atoms with Crippen molar-refractivity contribution in [1.82, 2.24) is 10.6 Å². The Morgan fingerprint density at radius 1 is 1.09 bits per heavy atom. The van der Waals surface area contributed by atoms with E-state index >= 15 is 0 Å². The van der Waals surface area contributed by atoms with E-state index in [1.807, 2.05) is 0 Å². The maximum atomic E-state index is 12.0.